The number of hydrogen-bond donors (Lipinski definition) is 4. The highest BCUT2D eigenvalue weighted by atomic mass is 16.3. The van der Waals surface area contributed by atoms with Crippen LogP contribution in [0.2, 0.25) is 0 Å². The van der Waals surface area contributed by atoms with Crippen LogP contribution in [0.3, 0.4) is 0 Å². The maximum absolute atomic E-state index is 12.4. The van der Waals surface area contributed by atoms with Crippen LogP contribution in [0.4, 0.5) is 0 Å². The molecule has 0 unspecified atom stereocenters. The van der Waals surface area contributed by atoms with E-state index in [4.69, 9.17) is 0 Å². The summed E-state index contributed by atoms with van der Waals surface area (Å²) in [6.45, 7) is 3.51. The lowest BCUT2D eigenvalue weighted by atomic mass is 9.46. The maximum Gasteiger partial charge on any atom is 0.190 e. The van der Waals surface area contributed by atoms with Crippen molar-refractivity contribution in [2.24, 2.45) is 28.6 Å². The number of rotatable bonds is 2. The van der Waals surface area contributed by atoms with Gasteiger partial charge in [-0.25, -0.2) is 0 Å². The minimum absolute atomic E-state index is 0.107. The summed E-state index contributed by atoms with van der Waals surface area (Å²) < 4.78 is 0. The molecule has 8 atom stereocenters. The molecule has 5 nitrogen and oxygen atoms in total. The molecule has 0 aromatic carbocycles. The Bertz CT molecular complexity index is 644. The summed E-state index contributed by atoms with van der Waals surface area (Å²) in [5.41, 5.74) is -1.06. The highest BCUT2D eigenvalue weighted by Gasteiger charge is 2.67. The Morgan fingerprint density at radius 1 is 1.23 bits per heavy atom. The molecule has 0 aliphatic heterocycles. The number of allylic oxidation sites excluding steroid dienone is 1. The molecule has 4 N–H and O–H groups in total. The maximum atomic E-state index is 12.4. The van der Waals surface area contributed by atoms with Crippen molar-refractivity contribution < 1.29 is 25.2 Å². The van der Waals surface area contributed by atoms with Crippen LogP contribution in [-0.4, -0.2) is 50.6 Å². The molecule has 0 radical (unpaired) electrons. The monoisotopic (exact) mass is 364 g/mol. The second kappa shape index (κ2) is 5.87. The predicted octanol–water partition coefficient (Wildman–Crippen LogP) is 1.57. The lowest BCUT2D eigenvalue weighted by Crippen LogP contribution is -2.61. The van der Waals surface area contributed by atoms with Gasteiger partial charge in [0.2, 0.25) is 0 Å². The molecule has 4 aliphatic rings. The lowest BCUT2D eigenvalue weighted by molar-refractivity contribution is -0.180. The van der Waals surface area contributed by atoms with E-state index < -0.39 is 29.5 Å². The Hall–Kier alpha value is -0.750. The molecule has 146 valence electrons. The van der Waals surface area contributed by atoms with Crippen molar-refractivity contribution in [1.82, 2.24) is 0 Å². The first-order valence-electron chi connectivity index (χ1n) is 10.1. The van der Waals surface area contributed by atoms with Crippen molar-refractivity contribution in [2.45, 2.75) is 76.6 Å². The van der Waals surface area contributed by atoms with Crippen molar-refractivity contribution in [3.05, 3.63) is 11.6 Å². The van der Waals surface area contributed by atoms with E-state index in [-0.39, 0.29) is 29.3 Å². The van der Waals surface area contributed by atoms with Gasteiger partial charge in [-0.1, -0.05) is 25.5 Å². The van der Waals surface area contributed by atoms with Gasteiger partial charge in [-0.05, 0) is 68.1 Å². The average Bonchev–Trinajstić information content (AvgIpc) is 2.86. The number of fused-ring (bicyclic) bond motifs is 5. The van der Waals surface area contributed by atoms with Crippen molar-refractivity contribution in [3.63, 3.8) is 0 Å². The summed E-state index contributed by atoms with van der Waals surface area (Å²) in [5, 5.41) is 41.8. The van der Waals surface area contributed by atoms with Gasteiger partial charge in [-0.15, -0.1) is 0 Å². The van der Waals surface area contributed by atoms with Crippen molar-refractivity contribution in [3.8, 4) is 0 Å². The number of Topliss-reactive ketones (excluding diaryl/α,β-unsaturated/α-hetero) is 1. The highest BCUT2D eigenvalue weighted by Crippen LogP contribution is 2.67. The van der Waals surface area contributed by atoms with E-state index in [0.717, 1.165) is 25.7 Å². The van der Waals surface area contributed by atoms with Crippen LogP contribution in [0, 0.1) is 28.6 Å². The molecule has 4 rings (SSSR count). The third kappa shape index (κ3) is 2.20. The zero-order chi connectivity index (χ0) is 18.9. The molecule has 0 saturated heterocycles. The molecular weight excluding hydrogens is 332 g/mol. The Labute approximate surface area is 155 Å². The summed E-state index contributed by atoms with van der Waals surface area (Å²) in [6, 6.07) is 0. The second-order valence-electron chi connectivity index (χ2n) is 9.74. The molecule has 3 saturated carbocycles. The minimum atomic E-state index is -1.54. The van der Waals surface area contributed by atoms with Gasteiger partial charge in [0.25, 0.3) is 0 Å². The van der Waals surface area contributed by atoms with E-state index >= 15 is 0 Å². The number of aliphatic hydroxyl groups is 4. The number of aliphatic hydroxyl groups excluding tert-OH is 3. The van der Waals surface area contributed by atoms with E-state index in [2.05, 4.69) is 13.0 Å². The van der Waals surface area contributed by atoms with Gasteiger partial charge >= 0.3 is 0 Å². The van der Waals surface area contributed by atoms with Gasteiger partial charge in [0, 0.05) is 5.41 Å². The molecule has 0 heterocycles. The van der Waals surface area contributed by atoms with Crippen LogP contribution in [0.1, 0.15) is 58.8 Å². The fraction of sp³-hybridized carbons (Fsp3) is 0.857. The molecule has 26 heavy (non-hydrogen) atoms. The number of carbonyl (C=O) groups excluding carboxylic acids is 1. The summed E-state index contributed by atoms with van der Waals surface area (Å²) in [5.74, 6) is -0.00187. The van der Waals surface area contributed by atoms with Crippen LogP contribution < -0.4 is 0 Å². The first-order chi connectivity index (χ1) is 12.2. The molecule has 0 spiro atoms. The average molecular weight is 364 g/mol. The number of carbonyl (C=O) groups is 1. The second-order valence-corrected chi connectivity index (χ2v) is 9.74. The van der Waals surface area contributed by atoms with Crippen molar-refractivity contribution in [1.29, 1.82) is 0 Å². The van der Waals surface area contributed by atoms with Crippen LogP contribution >= 0.6 is 0 Å². The normalized spacial score (nSPS) is 53.3. The fourth-order valence-corrected chi connectivity index (χ4v) is 7.37. The van der Waals surface area contributed by atoms with Crippen LogP contribution in [0.15, 0.2) is 11.6 Å². The number of ketones is 1. The first kappa shape index (κ1) is 18.6. The third-order valence-corrected chi connectivity index (χ3v) is 8.77. The predicted molar refractivity (Wildman–Crippen MR) is 96.1 cm³/mol. The van der Waals surface area contributed by atoms with E-state index in [1.54, 1.807) is 0 Å². The molecule has 0 aromatic heterocycles. The lowest BCUT2D eigenvalue weighted by Gasteiger charge is -2.60. The Morgan fingerprint density at radius 2 is 1.96 bits per heavy atom. The van der Waals surface area contributed by atoms with Crippen molar-refractivity contribution >= 4 is 5.78 Å². The molecule has 5 heteroatoms. The van der Waals surface area contributed by atoms with Gasteiger partial charge in [-0.2, -0.15) is 0 Å². The summed E-state index contributed by atoms with van der Waals surface area (Å²) in [4.78, 5) is 12.4. The minimum Gasteiger partial charge on any atom is -0.393 e. The zero-order valence-electron chi connectivity index (χ0n) is 15.8. The van der Waals surface area contributed by atoms with Crippen molar-refractivity contribution in [2.75, 3.05) is 6.61 Å². The third-order valence-electron chi connectivity index (χ3n) is 8.77. The van der Waals surface area contributed by atoms with Gasteiger partial charge in [0.15, 0.2) is 5.78 Å². The van der Waals surface area contributed by atoms with Crippen LogP contribution in [0.25, 0.3) is 0 Å². The zero-order valence-corrected chi connectivity index (χ0v) is 15.8. The van der Waals surface area contributed by atoms with E-state index in [0.29, 0.717) is 19.3 Å². The Kier molecular flexibility index (Phi) is 4.20. The van der Waals surface area contributed by atoms with Gasteiger partial charge in [0.05, 0.1) is 12.2 Å². The molecule has 0 amide bonds. The Balaban J connectivity index is 1.73. The van der Waals surface area contributed by atoms with E-state index in [1.165, 1.54) is 5.57 Å². The van der Waals surface area contributed by atoms with Gasteiger partial charge < -0.3 is 20.4 Å². The van der Waals surface area contributed by atoms with E-state index in [1.807, 2.05) is 6.92 Å². The van der Waals surface area contributed by atoms with E-state index in [9.17, 15) is 25.2 Å². The summed E-state index contributed by atoms with van der Waals surface area (Å²) in [7, 11) is 0. The molecule has 4 aliphatic carbocycles. The topological polar surface area (TPSA) is 98.0 Å². The Morgan fingerprint density at radius 3 is 2.65 bits per heavy atom. The SMILES string of the molecule is C[C@]12CC[C@H](O)CC1=CC[C@@H]1[C@@H]2[C@@H](O)C[C@@]2(C)[C@H]1CC[C@]2(O)C(=O)CO. The quantitative estimate of drug-likeness (QED) is 0.558. The fourth-order valence-electron chi connectivity index (χ4n) is 7.37. The summed E-state index contributed by atoms with van der Waals surface area (Å²) >= 11 is 0. The standard InChI is InChI=1S/C21H32O5/c1-19-7-5-13(23)9-12(19)3-4-14-15-6-8-21(26,17(25)11-22)20(15,2)10-16(24)18(14)19/h3,13-16,18,22-24,26H,4-11H2,1-2H3/t13-,14-,15-,16-,18+,19-,20-,21-/m0/s1. The van der Waals surface area contributed by atoms with Crippen LogP contribution in [-0.2, 0) is 4.79 Å². The highest BCUT2D eigenvalue weighted by molar-refractivity contribution is 5.89. The smallest absolute Gasteiger partial charge is 0.190 e. The van der Waals surface area contributed by atoms with Crippen LogP contribution in [0.5, 0.6) is 0 Å². The van der Waals surface area contributed by atoms with Gasteiger partial charge in [-0.3, -0.25) is 4.79 Å². The first-order valence-corrected chi connectivity index (χ1v) is 10.1. The molecule has 0 bridgehead atoms. The molecule has 3 fully saturated rings. The largest absolute Gasteiger partial charge is 0.393 e. The van der Waals surface area contributed by atoms with Gasteiger partial charge in [0.1, 0.15) is 12.2 Å². The number of hydrogen-bond acceptors (Lipinski definition) is 5. The molecule has 0 aromatic rings. The summed E-state index contributed by atoms with van der Waals surface area (Å²) in [6.07, 6.45) is 6.09. The molecular formula is C21H32O5.